The summed E-state index contributed by atoms with van der Waals surface area (Å²) < 4.78 is 0. The third kappa shape index (κ3) is 3.70. The molecule has 0 atom stereocenters. The molecule has 2 N–H and O–H groups in total. The summed E-state index contributed by atoms with van der Waals surface area (Å²) in [4.78, 5) is 10.8. The highest BCUT2D eigenvalue weighted by atomic mass is 35.5. The highest BCUT2D eigenvalue weighted by molar-refractivity contribution is 5.85. The molecular weight excluding hydrogens is 224 g/mol. The van der Waals surface area contributed by atoms with Gasteiger partial charge in [0.15, 0.2) is 0 Å². The zero-order valence-corrected chi connectivity index (χ0v) is 10.2. The van der Waals surface area contributed by atoms with Crippen molar-refractivity contribution in [2.75, 3.05) is 19.6 Å². The number of nitrogens with zero attached hydrogens (tertiary/aromatic N) is 3. The summed E-state index contributed by atoms with van der Waals surface area (Å²) >= 11 is 0. The van der Waals surface area contributed by atoms with E-state index in [4.69, 9.17) is 5.73 Å². The lowest BCUT2D eigenvalue weighted by Gasteiger charge is -2.30. The van der Waals surface area contributed by atoms with E-state index in [0.717, 1.165) is 37.8 Å². The Hall–Kier alpha value is -0.710. The average molecular weight is 243 g/mol. The van der Waals surface area contributed by atoms with E-state index >= 15 is 0 Å². The number of piperidine rings is 1. The third-order valence-corrected chi connectivity index (χ3v) is 3.04. The van der Waals surface area contributed by atoms with Crippen LogP contribution in [0.4, 0.5) is 0 Å². The van der Waals surface area contributed by atoms with Crippen LogP contribution in [0.2, 0.25) is 0 Å². The average Bonchev–Trinajstić information content (AvgIpc) is 2.31. The molecule has 2 heterocycles. The lowest BCUT2D eigenvalue weighted by molar-refractivity contribution is 0.178. The Balaban J connectivity index is 0.00000128. The molecule has 4 nitrogen and oxygen atoms in total. The first-order valence-corrected chi connectivity index (χ1v) is 5.56. The summed E-state index contributed by atoms with van der Waals surface area (Å²) in [5, 5.41) is 0. The highest BCUT2D eigenvalue weighted by Crippen LogP contribution is 2.16. The van der Waals surface area contributed by atoms with Crippen molar-refractivity contribution in [2.24, 2.45) is 11.7 Å². The van der Waals surface area contributed by atoms with Gasteiger partial charge in [-0.25, -0.2) is 0 Å². The van der Waals surface area contributed by atoms with E-state index < -0.39 is 0 Å². The fraction of sp³-hybridized carbons (Fsp3) is 0.636. The molecule has 0 saturated carbocycles. The normalized spacial score (nSPS) is 18.1. The molecule has 0 bridgehead atoms. The molecule has 1 aliphatic rings. The summed E-state index contributed by atoms with van der Waals surface area (Å²) in [6.45, 7) is 4.03. The number of nitrogens with two attached hydrogens (primary N) is 1. The van der Waals surface area contributed by atoms with Crippen LogP contribution in [0.5, 0.6) is 0 Å². The Morgan fingerprint density at radius 3 is 2.62 bits per heavy atom. The Kier molecular flexibility index (Phi) is 5.66. The van der Waals surface area contributed by atoms with Gasteiger partial charge in [0.1, 0.15) is 0 Å². The molecule has 0 amide bonds. The molecule has 1 saturated heterocycles. The predicted octanol–water partition coefficient (Wildman–Crippen LogP) is 1.07. The molecule has 1 aliphatic heterocycles. The summed E-state index contributed by atoms with van der Waals surface area (Å²) in [6.07, 6.45) is 7.74. The summed E-state index contributed by atoms with van der Waals surface area (Å²) in [5.74, 6) is 0.725. The maximum atomic E-state index is 5.66. The number of hydrogen-bond donors (Lipinski definition) is 1. The first kappa shape index (κ1) is 13.4. The van der Waals surface area contributed by atoms with Crippen LogP contribution >= 0.6 is 12.4 Å². The van der Waals surface area contributed by atoms with Crippen LogP contribution in [0.25, 0.3) is 0 Å². The van der Waals surface area contributed by atoms with Crippen molar-refractivity contribution in [1.29, 1.82) is 0 Å². The first-order valence-electron chi connectivity index (χ1n) is 5.56. The minimum absolute atomic E-state index is 0. The second kappa shape index (κ2) is 6.78. The van der Waals surface area contributed by atoms with Crippen LogP contribution in [-0.4, -0.2) is 34.5 Å². The molecule has 1 aromatic heterocycles. The van der Waals surface area contributed by atoms with Crippen molar-refractivity contribution < 1.29 is 0 Å². The SMILES string of the molecule is Cl.NCC1CCN(Cc2cnccn2)CC1. The van der Waals surface area contributed by atoms with Crippen LogP contribution in [0.1, 0.15) is 18.5 Å². The van der Waals surface area contributed by atoms with Gasteiger partial charge >= 0.3 is 0 Å². The summed E-state index contributed by atoms with van der Waals surface area (Å²) in [7, 11) is 0. The number of hydrogen-bond acceptors (Lipinski definition) is 4. The molecule has 1 fully saturated rings. The van der Waals surface area contributed by atoms with Crippen molar-refractivity contribution in [3.05, 3.63) is 24.3 Å². The summed E-state index contributed by atoms with van der Waals surface area (Å²) in [6, 6.07) is 0. The number of aromatic nitrogens is 2. The second-order valence-corrected chi connectivity index (χ2v) is 4.15. The van der Waals surface area contributed by atoms with E-state index in [2.05, 4.69) is 14.9 Å². The predicted molar refractivity (Wildman–Crippen MR) is 66.3 cm³/mol. The molecule has 90 valence electrons. The Morgan fingerprint density at radius 2 is 2.06 bits per heavy atom. The van der Waals surface area contributed by atoms with Gasteiger partial charge in [-0.2, -0.15) is 0 Å². The van der Waals surface area contributed by atoms with E-state index in [1.54, 1.807) is 12.4 Å². The molecular formula is C11H19ClN4. The maximum Gasteiger partial charge on any atom is 0.0726 e. The Morgan fingerprint density at radius 1 is 1.31 bits per heavy atom. The second-order valence-electron chi connectivity index (χ2n) is 4.15. The third-order valence-electron chi connectivity index (χ3n) is 3.04. The van der Waals surface area contributed by atoms with Gasteiger partial charge < -0.3 is 5.73 Å². The minimum Gasteiger partial charge on any atom is -0.330 e. The van der Waals surface area contributed by atoms with Gasteiger partial charge in [0.05, 0.1) is 5.69 Å². The molecule has 0 radical (unpaired) electrons. The first-order chi connectivity index (χ1) is 7.38. The lowest BCUT2D eigenvalue weighted by Crippen LogP contribution is -2.35. The minimum atomic E-state index is 0. The van der Waals surface area contributed by atoms with Gasteiger partial charge in [-0.1, -0.05) is 0 Å². The smallest absolute Gasteiger partial charge is 0.0726 e. The lowest BCUT2D eigenvalue weighted by atomic mass is 9.97. The van der Waals surface area contributed by atoms with Crippen molar-refractivity contribution in [3.8, 4) is 0 Å². The van der Waals surface area contributed by atoms with Gasteiger partial charge in [-0.05, 0) is 38.4 Å². The van der Waals surface area contributed by atoms with E-state index in [1.165, 1.54) is 12.8 Å². The van der Waals surface area contributed by atoms with Gasteiger partial charge in [0.2, 0.25) is 0 Å². The molecule has 5 heteroatoms. The maximum absolute atomic E-state index is 5.66. The zero-order valence-electron chi connectivity index (χ0n) is 9.38. The van der Waals surface area contributed by atoms with Gasteiger partial charge in [-0.15, -0.1) is 12.4 Å². The fourth-order valence-electron chi connectivity index (χ4n) is 2.02. The van der Waals surface area contributed by atoms with Crippen LogP contribution in [0.3, 0.4) is 0 Å². The quantitative estimate of drug-likeness (QED) is 0.862. The van der Waals surface area contributed by atoms with Gasteiger partial charge in [0.25, 0.3) is 0 Å². The Bertz CT molecular complexity index is 285. The highest BCUT2D eigenvalue weighted by Gasteiger charge is 2.17. The molecule has 0 aromatic carbocycles. The van der Waals surface area contributed by atoms with Crippen molar-refractivity contribution in [3.63, 3.8) is 0 Å². The number of halogens is 1. The van der Waals surface area contributed by atoms with Crippen LogP contribution in [0.15, 0.2) is 18.6 Å². The van der Waals surface area contributed by atoms with E-state index in [1.807, 2.05) is 6.20 Å². The largest absolute Gasteiger partial charge is 0.330 e. The molecule has 1 aromatic rings. The molecule has 2 rings (SSSR count). The number of rotatable bonds is 3. The zero-order chi connectivity index (χ0) is 10.5. The molecule has 0 aliphatic carbocycles. The van der Waals surface area contributed by atoms with E-state index in [0.29, 0.717) is 0 Å². The number of likely N-dealkylation sites (tertiary alicyclic amines) is 1. The van der Waals surface area contributed by atoms with Crippen LogP contribution in [0, 0.1) is 5.92 Å². The van der Waals surface area contributed by atoms with Crippen molar-refractivity contribution in [2.45, 2.75) is 19.4 Å². The van der Waals surface area contributed by atoms with Crippen LogP contribution in [-0.2, 0) is 6.54 Å². The van der Waals surface area contributed by atoms with Crippen molar-refractivity contribution >= 4 is 12.4 Å². The van der Waals surface area contributed by atoms with Gasteiger partial charge in [0, 0.05) is 25.1 Å². The molecule has 0 unspecified atom stereocenters. The van der Waals surface area contributed by atoms with Gasteiger partial charge in [-0.3, -0.25) is 14.9 Å². The van der Waals surface area contributed by atoms with Crippen LogP contribution < -0.4 is 5.73 Å². The van der Waals surface area contributed by atoms with E-state index in [-0.39, 0.29) is 12.4 Å². The van der Waals surface area contributed by atoms with Crippen molar-refractivity contribution in [1.82, 2.24) is 14.9 Å². The standard InChI is InChI=1S/C11H18N4.ClH/c12-7-10-1-5-15(6-2-10)9-11-8-13-3-4-14-11;/h3-4,8,10H,1-2,5-7,9,12H2;1H. The monoisotopic (exact) mass is 242 g/mol. The molecule has 16 heavy (non-hydrogen) atoms. The topological polar surface area (TPSA) is 55.0 Å². The Labute approximate surface area is 103 Å². The summed E-state index contributed by atoms with van der Waals surface area (Å²) in [5.41, 5.74) is 6.72. The molecule has 0 spiro atoms. The fourth-order valence-corrected chi connectivity index (χ4v) is 2.02. The van der Waals surface area contributed by atoms with E-state index in [9.17, 15) is 0 Å².